The molecule has 1 aliphatic heterocycles. The highest BCUT2D eigenvalue weighted by Gasteiger charge is 2.33. The van der Waals surface area contributed by atoms with E-state index in [1.807, 2.05) is 0 Å². The summed E-state index contributed by atoms with van der Waals surface area (Å²) in [5, 5.41) is 2.70. The van der Waals surface area contributed by atoms with Gasteiger partial charge in [0.2, 0.25) is 5.91 Å². The topological polar surface area (TPSA) is 102 Å². The van der Waals surface area contributed by atoms with Gasteiger partial charge < -0.3 is 14.8 Å². The fourth-order valence-corrected chi connectivity index (χ4v) is 3.04. The van der Waals surface area contributed by atoms with Crippen molar-refractivity contribution in [2.45, 2.75) is 26.9 Å². The molecule has 0 bridgehead atoms. The van der Waals surface area contributed by atoms with Crippen LogP contribution in [-0.2, 0) is 14.3 Å². The molecule has 0 saturated heterocycles. The average Bonchev–Trinajstić information content (AvgIpc) is 2.71. The van der Waals surface area contributed by atoms with Crippen molar-refractivity contribution in [2.75, 3.05) is 23.4 Å². The van der Waals surface area contributed by atoms with Crippen molar-refractivity contribution in [1.29, 1.82) is 0 Å². The Morgan fingerprint density at radius 3 is 2.40 bits per heavy atom. The van der Waals surface area contributed by atoms with E-state index in [-0.39, 0.29) is 24.8 Å². The lowest BCUT2D eigenvalue weighted by molar-refractivity contribution is -0.127. The van der Waals surface area contributed by atoms with Crippen molar-refractivity contribution >= 4 is 34.9 Å². The van der Waals surface area contributed by atoms with Crippen molar-refractivity contribution in [1.82, 2.24) is 0 Å². The summed E-state index contributed by atoms with van der Waals surface area (Å²) in [5.41, 5.74) is 1.63. The zero-order chi connectivity index (χ0) is 21.8. The maximum absolute atomic E-state index is 12.6. The minimum Gasteiger partial charge on any atom is -0.479 e. The van der Waals surface area contributed by atoms with Gasteiger partial charge in [-0.3, -0.25) is 19.3 Å². The Hall–Kier alpha value is -3.68. The molecule has 2 amide bonds. The summed E-state index contributed by atoms with van der Waals surface area (Å²) in [4.78, 5) is 49.9. The van der Waals surface area contributed by atoms with Gasteiger partial charge in [-0.15, -0.1) is 0 Å². The highest BCUT2D eigenvalue weighted by Crippen LogP contribution is 2.35. The summed E-state index contributed by atoms with van der Waals surface area (Å²) in [6.45, 7) is 4.77. The maximum atomic E-state index is 12.6. The van der Waals surface area contributed by atoms with Gasteiger partial charge in [-0.05, 0) is 63.2 Å². The van der Waals surface area contributed by atoms with Gasteiger partial charge in [0.15, 0.2) is 11.9 Å². The second kappa shape index (κ2) is 8.77. The Balaban J connectivity index is 1.76. The number of hydrogen-bond acceptors (Lipinski definition) is 6. The summed E-state index contributed by atoms with van der Waals surface area (Å²) in [6.07, 6.45) is -0.752. The van der Waals surface area contributed by atoms with Crippen LogP contribution in [0.2, 0.25) is 0 Å². The molecule has 3 rings (SSSR count). The van der Waals surface area contributed by atoms with Crippen LogP contribution in [-0.4, -0.2) is 42.8 Å². The number of rotatable bonds is 6. The quantitative estimate of drug-likeness (QED) is 0.580. The first-order valence-electron chi connectivity index (χ1n) is 9.50. The van der Waals surface area contributed by atoms with Gasteiger partial charge in [0.05, 0.1) is 17.9 Å². The summed E-state index contributed by atoms with van der Waals surface area (Å²) in [7, 11) is 0. The minimum absolute atomic E-state index is 0.157. The van der Waals surface area contributed by atoms with Gasteiger partial charge in [0, 0.05) is 11.3 Å². The van der Waals surface area contributed by atoms with Crippen LogP contribution in [0.15, 0.2) is 42.5 Å². The third-order valence-corrected chi connectivity index (χ3v) is 4.56. The molecule has 8 nitrogen and oxygen atoms in total. The third-order valence-electron chi connectivity index (χ3n) is 4.56. The van der Waals surface area contributed by atoms with Crippen molar-refractivity contribution in [3.05, 3.63) is 53.6 Å². The van der Waals surface area contributed by atoms with Crippen LogP contribution in [0.3, 0.4) is 0 Å². The van der Waals surface area contributed by atoms with E-state index in [9.17, 15) is 19.2 Å². The lowest BCUT2D eigenvalue weighted by Gasteiger charge is -2.32. The fraction of sp³-hybridized carbons (Fsp3) is 0.273. The number of esters is 1. The van der Waals surface area contributed by atoms with E-state index < -0.39 is 18.0 Å². The molecule has 2 aromatic carbocycles. The molecule has 0 aromatic heterocycles. The fourth-order valence-electron chi connectivity index (χ4n) is 3.04. The Morgan fingerprint density at radius 1 is 1.10 bits per heavy atom. The van der Waals surface area contributed by atoms with Crippen LogP contribution in [0.5, 0.6) is 5.75 Å². The summed E-state index contributed by atoms with van der Waals surface area (Å²) in [5.74, 6) is -0.980. The molecule has 1 unspecified atom stereocenters. The first-order valence-corrected chi connectivity index (χ1v) is 9.50. The molecule has 0 saturated carbocycles. The molecule has 30 heavy (non-hydrogen) atoms. The molecular weight excluding hydrogens is 388 g/mol. The number of nitrogens with zero attached hydrogens (tertiary/aromatic N) is 1. The van der Waals surface area contributed by atoms with Crippen molar-refractivity contribution in [3.8, 4) is 5.75 Å². The number of carbonyl (C=O) groups is 4. The van der Waals surface area contributed by atoms with Crippen molar-refractivity contribution < 1.29 is 28.7 Å². The van der Waals surface area contributed by atoms with E-state index in [0.717, 1.165) is 0 Å². The van der Waals surface area contributed by atoms with E-state index in [4.69, 9.17) is 9.47 Å². The third kappa shape index (κ3) is 4.48. The standard InChI is InChI=1S/C22H22N2O6/c1-4-29-22(28)15-5-8-17(9-6-15)23-20(26)12-24-18-11-16(13(2)25)7-10-19(18)30-14(3)21(24)27/h5-11,14H,4,12H2,1-3H3,(H,23,26). The molecule has 156 valence electrons. The number of ether oxygens (including phenoxy) is 2. The first-order chi connectivity index (χ1) is 14.3. The monoisotopic (exact) mass is 410 g/mol. The van der Waals surface area contributed by atoms with Crippen LogP contribution in [0.4, 0.5) is 11.4 Å². The van der Waals surface area contributed by atoms with Gasteiger partial charge in [-0.1, -0.05) is 0 Å². The molecule has 0 spiro atoms. The van der Waals surface area contributed by atoms with Crippen LogP contribution in [0.1, 0.15) is 41.5 Å². The number of nitrogens with one attached hydrogen (secondary N) is 1. The number of carbonyl (C=O) groups excluding carboxylic acids is 4. The SMILES string of the molecule is CCOC(=O)c1ccc(NC(=O)CN2C(=O)C(C)Oc3ccc(C(C)=O)cc32)cc1. The predicted molar refractivity (Wildman–Crippen MR) is 110 cm³/mol. The Kier molecular flexibility index (Phi) is 6.15. The van der Waals surface area contributed by atoms with Gasteiger partial charge in [0.25, 0.3) is 5.91 Å². The van der Waals surface area contributed by atoms with E-state index in [2.05, 4.69) is 5.32 Å². The molecule has 1 atom stereocenters. The lowest BCUT2D eigenvalue weighted by Crippen LogP contribution is -2.47. The molecule has 0 radical (unpaired) electrons. The van der Waals surface area contributed by atoms with E-state index in [0.29, 0.717) is 28.3 Å². The van der Waals surface area contributed by atoms with E-state index >= 15 is 0 Å². The molecule has 0 fully saturated rings. The predicted octanol–water partition coefficient (Wildman–Crippen LogP) is 2.82. The zero-order valence-corrected chi connectivity index (χ0v) is 16.9. The maximum Gasteiger partial charge on any atom is 0.338 e. The number of hydrogen-bond donors (Lipinski definition) is 1. The second-order valence-corrected chi connectivity index (χ2v) is 6.77. The minimum atomic E-state index is -0.752. The average molecular weight is 410 g/mol. The van der Waals surface area contributed by atoms with Gasteiger partial charge in [-0.25, -0.2) is 4.79 Å². The lowest BCUT2D eigenvalue weighted by atomic mass is 10.1. The highest BCUT2D eigenvalue weighted by atomic mass is 16.5. The van der Waals surface area contributed by atoms with Crippen LogP contribution >= 0.6 is 0 Å². The Labute approximate surface area is 173 Å². The van der Waals surface area contributed by atoms with Gasteiger partial charge in [0.1, 0.15) is 12.3 Å². The first kappa shape index (κ1) is 21.0. The molecule has 2 aromatic rings. The number of Topliss-reactive ketones (excluding diaryl/α,β-unsaturated/α-hetero) is 1. The van der Waals surface area contributed by atoms with Gasteiger partial charge >= 0.3 is 5.97 Å². The van der Waals surface area contributed by atoms with Crippen LogP contribution in [0.25, 0.3) is 0 Å². The molecular formula is C22H22N2O6. The smallest absolute Gasteiger partial charge is 0.338 e. The van der Waals surface area contributed by atoms with Crippen molar-refractivity contribution in [3.63, 3.8) is 0 Å². The molecule has 1 heterocycles. The molecule has 1 N–H and O–H groups in total. The second-order valence-electron chi connectivity index (χ2n) is 6.77. The summed E-state index contributed by atoms with van der Waals surface area (Å²) in [6, 6.07) is 11.0. The largest absolute Gasteiger partial charge is 0.479 e. The van der Waals surface area contributed by atoms with E-state index in [1.165, 1.54) is 11.8 Å². The van der Waals surface area contributed by atoms with Crippen LogP contribution in [0, 0.1) is 0 Å². The number of fused-ring (bicyclic) bond motifs is 1. The number of amides is 2. The normalized spacial score (nSPS) is 15.1. The van der Waals surface area contributed by atoms with Crippen molar-refractivity contribution in [2.24, 2.45) is 0 Å². The summed E-state index contributed by atoms with van der Waals surface area (Å²) >= 11 is 0. The number of anilines is 2. The van der Waals surface area contributed by atoms with Crippen LogP contribution < -0.4 is 15.0 Å². The Bertz CT molecular complexity index is 999. The molecule has 8 heteroatoms. The van der Waals surface area contributed by atoms with E-state index in [1.54, 1.807) is 56.3 Å². The molecule has 1 aliphatic rings. The molecule has 0 aliphatic carbocycles. The highest BCUT2D eigenvalue weighted by molar-refractivity contribution is 6.07. The number of benzene rings is 2. The number of ketones is 1. The van der Waals surface area contributed by atoms with Gasteiger partial charge in [-0.2, -0.15) is 0 Å². The Morgan fingerprint density at radius 2 is 1.77 bits per heavy atom. The summed E-state index contributed by atoms with van der Waals surface area (Å²) < 4.78 is 10.5. The zero-order valence-electron chi connectivity index (χ0n) is 16.9.